The molecule has 1 saturated carbocycles. The van der Waals surface area contributed by atoms with Crippen LogP contribution < -0.4 is 21.1 Å². The average Bonchev–Trinajstić information content (AvgIpc) is 3.91. The highest BCUT2D eigenvalue weighted by Gasteiger charge is 2.35. The molecule has 0 aromatic heterocycles. The van der Waals surface area contributed by atoms with Crippen LogP contribution in [0.2, 0.25) is 5.02 Å². The fraction of sp³-hybridized carbons (Fsp3) is 0.482. The number of hydrogen-bond donors (Lipinski definition) is 3. The minimum absolute atomic E-state index is 0.00654. The first-order valence-corrected chi connectivity index (χ1v) is 25.8. The third-order valence-electron chi connectivity index (χ3n) is 15.6. The number of likely N-dealkylation sites (tertiary alicyclic amines) is 2. The van der Waals surface area contributed by atoms with E-state index in [1.165, 1.54) is 12.1 Å². The minimum Gasteiger partial charge on any atom is -0.488 e. The topological polar surface area (TPSA) is 160 Å². The molecule has 12 nitrogen and oxygen atoms in total. The van der Waals surface area contributed by atoms with Gasteiger partial charge in [0.1, 0.15) is 6.61 Å². The number of rotatable bonds is 15. The van der Waals surface area contributed by atoms with Crippen LogP contribution in [0.25, 0.3) is 11.1 Å². The molecule has 4 N–H and O–H groups in total. The number of hydrogen-bond acceptors (Lipinski definition) is 8. The Morgan fingerprint density at radius 2 is 1.54 bits per heavy atom. The summed E-state index contributed by atoms with van der Waals surface area (Å²) in [7, 11) is 0. The molecule has 4 saturated heterocycles. The Kier molecular flexibility index (Phi) is 16.0. The number of nitrogens with one attached hydrogen (secondary N) is 2. The molecule has 4 aromatic carbocycles. The van der Waals surface area contributed by atoms with Gasteiger partial charge in [-0.2, -0.15) is 0 Å². The largest absolute Gasteiger partial charge is 0.488 e. The van der Waals surface area contributed by atoms with Gasteiger partial charge in [-0.25, -0.2) is 4.39 Å². The first-order valence-electron chi connectivity index (χ1n) is 25.5. The number of primary amides is 1. The number of ether oxygens (including phenoxy) is 2. The highest BCUT2D eigenvalue weighted by atomic mass is 35.5. The number of nitrogens with zero attached hydrogens (tertiary/aromatic N) is 2. The van der Waals surface area contributed by atoms with Gasteiger partial charge in [0.15, 0.2) is 11.6 Å². The van der Waals surface area contributed by atoms with Gasteiger partial charge < -0.3 is 30.3 Å². The zero-order valence-corrected chi connectivity index (χ0v) is 40.6. The lowest BCUT2D eigenvalue weighted by Crippen LogP contribution is -2.45. The van der Waals surface area contributed by atoms with Crippen molar-refractivity contribution in [2.24, 2.45) is 23.5 Å². The van der Waals surface area contributed by atoms with Crippen molar-refractivity contribution in [2.75, 3.05) is 45.9 Å². The zero-order valence-electron chi connectivity index (χ0n) is 39.9. The molecule has 5 aliphatic rings. The van der Waals surface area contributed by atoms with Crippen molar-refractivity contribution < 1.29 is 37.8 Å². The second kappa shape index (κ2) is 22.6. The maximum Gasteiger partial charge on any atom is 0.253 e. The second-order valence-electron chi connectivity index (χ2n) is 20.1. The van der Waals surface area contributed by atoms with Crippen molar-refractivity contribution in [2.45, 2.75) is 107 Å². The molecule has 1 aliphatic carbocycles. The third kappa shape index (κ3) is 11.6. The Morgan fingerprint density at radius 3 is 2.23 bits per heavy atom. The molecule has 2 unspecified atom stereocenters. The van der Waals surface area contributed by atoms with Crippen molar-refractivity contribution in [3.05, 3.63) is 124 Å². The summed E-state index contributed by atoms with van der Waals surface area (Å²) in [6.45, 7) is 4.45. The lowest BCUT2D eigenvalue weighted by Gasteiger charge is -2.38. The summed E-state index contributed by atoms with van der Waals surface area (Å²) in [5.41, 5.74) is 9.53. The van der Waals surface area contributed by atoms with Gasteiger partial charge in [0.25, 0.3) is 5.91 Å². The van der Waals surface area contributed by atoms with Crippen molar-refractivity contribution >= 4 is 41.1 Å². The molecule has 5 fully saturated rings. The molecule has 4 heterocycles. The molecule has 5 amide bonds. The summed E-state index contributed by atoms with van der Waals surface area (Å²) in [6, 6.07) is 26.2. The molecule has 3 atom stereocenters. The fourth-order valence-corrected chi connectivity index (χ4v) is 11.8. The van der Waals surface area contributed by atoms with Crippen LogP contribution in [-0.4, -0.2) is 97.4 Å². The Bertz CT molecular complexity index is 2530. The fourth-order valence-electron chi connectivity index (χ4n) is 11.6. The summed E-state index contributed by atoms with van der Waals surface area (Å²) >= 11 is 6.81. The van der Waals surface area contributed by atoms with E-state index < -0.39 is 17.6 Å². The summed E-state index contributed by atoms with van der Waals surface area (Å²) in [6.07, 6.45) is 10.9. The zero-order chi connectivity index (χ0) is 48.7. The van der Waals surface area contributed by atoms with Gasteiger partial charge in [-0.15, -0.1) is 0 Å². The number of piperidine rings is 3. The molecule has 370 valence electrons. The maximum atomic E-state index is 16.4. The predicted molar refractivity (Wildman–Crippen MR) is 266 cm³/mol. The summed E-state index contributed by atoms with van der Waals surface area (Å²) in [5.74, 6) is -1.14. The van der Waals surface area contributed by atoms with Gasteiger partial charge in [-0.05, 0) is 142 Å². The number of halogens is 2. The molecule has 4 aromatic rings. The number of nitrogens with two attached hydrogens (primary N) is 1. The van der Waals surface area contributed by atoms with Gasteiger partial charge >= 0.3 is 0 Å². The van der Waals surface area contributed by atoms with Gasteiger partial charge in [0, 0.05) is 85.3 Å². The highest BCUT2D eigenvalue weighted by Crippen LogP contribution is 2.40. The second-order valence-corrected chi connectivity index (χ2v) is 20.5. The number of imide groups is 1. The van der Waals surface area contributed by atoms with E-state index in [1.54, 1.807) is 6.07 Å². The minimum atomic E-state index is -0.767. The maximum absolute atomic E-state index is 16.4. The SMILES string of the molecule is NC(=O)c1ccc(OC[C@@H]2CCCO2)c(F)c1-c1cc(C(CNC2CCC(C(=O)N3CCC(CC4CCN(C(=O)c5cccc(C6CCC(=O)NC6=O)c5)CC4)CC3)CC2)c2ccccc2)ccc1Cl. The van der Waals surface area contributed by atoms with Crippen LogP contribution in [-0.2, 0) is 19.1 Å². The quantitative estimate of drug-likeness (QED) is 0.0998. The monoisotopic (exact) mass is 973 g/mol. The third-order valence-corrected chi connectivity index (χ3v) is 16.0. The summed E-state index contributed by atoms with van der Waals surface area (Å²) < 4.78 is 28.0. The Hall–Kier alpha value is -5.63. The standard InChI is InChI=1S/C56H65ClFN5O7/c57-48-18-13-40(32-46(48)51-45(53(59)65)16-19-49(52(51)58)70-34-43-10-5-29-69-43)47(37-6-2-1-3-7-37)33-60-42-14-11-38(12-15-42)55(67)62-25-21-35(22-26-62)30-36-23-27-63(28-24-36)56(68)41-9-4-8-39(31-41)44-17-20-50(64)61-54(44)66/h1-4,6-9,13,16,18-19,31-32,35-36,38,42-44,47,60H,5,10-12,14-15,17,20-30,33-34H2,(H2,59,65)(H,61,64,66)/t38?,42?,43-,44?,47?/m0/s1. The number of amides is 5. The van der Waals surface area contributed by atoms with Crippen LogP contribution in [0.3, 0.4) is 0 Å². The predicted octanol–water partition coefficient (Wildman–Crippen LogP) is 8.78. The van der Waals surface area contributed by atoms with Gasteiger partial charge in [-0.1, -0.05) is 60.1 Å². The van der Waals surface area contributed by atoms with Gasteiger partial charge in [-0.3, -0.25) is 29.3 Å². The molecule has 14 heteroatoms. The van der Waals surface area contributed by atoms with E-state index in [1.807, 2.05) is 59.5 Å². The molecular weight excluding hydrogens is 909 g/mol. The molecule has 4 aliphatic heterocycles. The van der Waals surface area contributed by atoms with Crippen molar-refractivity contribution in [3.63, 3.8) is 0 Å². The molecule has 70 heavy (non-hydrogen) atoms. The molecule has 0 radical (unpaired) electrons. The first kappa shape index (κ1) is 49.4. The van der Waals surface area contributed by atoms with Crippen LogP contribution >= 0.6 is 11.6 Å². The van der Waals surface area contributed by atoms with Crippen molar-refractivity contribution in [1.82, 2.24) is 20.4 Å². The summed E-state index contributed by atoms with van der Waals surface area (Å²) in [4.78, 5) is 68.2. The van der Waals surface area contributed by atoms with E-state index in [-0.39, 0.29) is 76.1 Å². The van der Waals surface area contributed by atoms with Crippen LogP contribution in [0.5, 0.6) is 5.75 Å². The Morgan fingerprint density at radius 1 is 0.814 bits per heavy atom. The van der Waals surface area contributed by atoms with E-state index in [0.717, 1.165) is 100 Å². The normalized spacial score (nSPS) is 22.9. The van der Waals surface area contributed by atoms with E-state index in [4.69, 9.17) is 26.8 Å². The molecule has 0 spiro atoms. The number of benzene rings is 4. The summed E-state index contributed by atoms with van der Waals surface area (Å²) in [5, 5.41) is 6.53. The molecule has 0 bridgehead atoms. The van der Waals surface area contributed by atoms with E-state index in [9.17, 15) is 24.0 Å². The van der Waals surface area contributed by atoms with Crippen LogP contribution in [0, 0.1) is 23.6 Å². The average molecular weight is 975 g/mol. The number of carbonyl (C=O) groups excluding carboxylic acids is 5. The Balaban J connectivity index is 0.750. The molecule has 9 rings (SSSR count). The Labute approximate surface area is 415 Å². The van der Waals surface area contributed by atoms with Gasteiger partial charge in [0.2, 0.25) is 23.6 Å². The van der Waals surface area contributed by atoms with Crippen molar-refractivity contribution in [1.29, 1.82) is 0 Å². The van der Waals surface area contributed by atoms with E-state index in [0.29, 0.717) is 62.0 Å². The highest BCUT2D eigenvalue weighted by molar-refractivity contribution is 6.33. The van der Waals surface area contributed by atoms with E-state index >= 15 is 4.39 Å². The smallest absolute Gasteiger partial charge is 0.253 e. The van der Waals surface area contributed by atoms with Gasteiger partial charge in [0.05, 0.1) is 17.6 Å². The first-order chi connectivity index (χ1) is 34.0. The van der Waals surface area contributed by atoms with E-state index in [2.05, 4.69) is 27.7 Å². The van der Waals surface area contributed by atoms with Crippen LogP contribution in [0.4, 0.5) is 4.39 Å². The number of carbonyl (C=O) groups is 5. The molecular formula is C56H65ClFN5O7. The van der Waals surface area contributed by atoms with Crippen molar-refractivity contribution in [3.8, 4) is 16.9 Å². The lowest BCUT2D eigenvalue weighted by molar-refractivity contribution is -0.138. The van der Waals surface area contributed by atoms with Crippen LogP contribution in [0.15, 0.2) is 84.9 Å². The van der Waals surface area contributed by atoms with Crippen LogP contribution in [0.1, 0.15) is 133 Å². The lowest BCUT2D eigenvalue weighted by atomic mass is 9.81.